The molecule has 2 aromatic carbocycles. The monoisotopic (exact) mass is 376 g/mol. The van der Waals surface area contributed by atoms with Crippen molar-refractivity contribution in [3.05, 3.63) is 72.6 Å². The van der Waals surface area contributed by atoms with Gasteiger partial charge in [-0.05, 0) is 74.2 Å². The van der Waals surface area contributed by atoms with Crippen molar-refractivity contribution in [3.8, 4) is 17.2 Å². The van der Waals surface area contributed by atoms with E-state index in [2.05, 4.69) is 5.32 Å². The zero-order valence-electron chi connectivity index (χ0n) is 15.9. The number of hydrogen-bond donors (Lipinski definition) is 1. The quantitative estimate of drug-likeness (QED) is 0.654. The number of nitrogens with zero attached hydrogens (tertiary/aromatic N) is 1. The maximum Gasteiger partial charge on any atom is 0.255 e. The van der Waals surface area contributed by atoms with Gasteiger partial charge in [0.1, 0.15) is 0 Å². The highest BCUT2D eigenvalue weighted by Gasteiger charge is 2.19. The zero-order valence-corrected chi connectivity index (χ0v) is 15.9. The van der Waals surface area contributed by atoms with E-state index in [9.17, 15) is 4.79 Å². The number of ether oxygens (including phenoxy) is 2. The summed E-state index contributed by atoms with van der Waals surface area (Å²) in [5.41, 5.74) is 2.30. The number of nitrogens with one attached hydrogen (secondary N) is 1. The van der Waals surface area contributed by atoms with Gasteiger partial charge in [0.2, 0.25) is 0 Å². The van der Waals surface area contributed by atoms with Crippen LogP contribution in [0.1, 0.15) is 36.0 Å². The van der Waals surface area contributed by atoms with E-state index in [1.807, 2.05) is 71.6 Å². The molecule has 1 fully saturated rings. The van der Waals surface area contributed by atoms with Crippen molar-refractivity contribution in [3.63, 3.8) is 0 Å². The Balaban J connectivity index is 1.47. The van der Waals surface area contributed by atoms with Crippen LogP contribution in [0.5, 0.6) is 11.5 Å². The second kappa shape index (κ2) is 8.21. The maximum absolute atomic E-state index is 12.6. The first kappa shape index (κ1) is 18.2. The standard InChI is InChI=1S/C23H24N2O3/c1-27-21-13-10-18(16-22(21)28-20-6-2-3-7-20)24-23(26)17-8-11-19(12-9-17)25-14-4-5-15-25/h4-5,8-16,20H,2-3,6-7H2,1H3,(H,24,26). The van der Waals surface area contributed by atoms with Gasteiger partial charge in [-0.3, -0.25) is 4.79 Å². The predicted octanol–water partition coefficient (Wildman–Crippen LogP) is 5.06. The minimum atomic E-state index is -0.156. The van der Waals surface area contributed by atoms with Crippen LogP contribution in [0.15, 0.2) is 67.0 Å². The van der Waals surface area contributed by atoms with Crippen molar-refractivity contribution in [2.45, 2.75) is 31.8 Å². The Morgan fingerprint density at radius 3 is 2.39 bits per heavy atom. The Morgan fingerprint density at radius 1 is 1.00 bits per heavy atom. The van der Waals surface area contributed by atoms with Crippen LogP contribution in [-0.2, 0) is 0 Å². The first-order valence-electron chi connectivity index (χ1n) is 9.62. The molecule has 0 aliphatic heterocycles. The molecule has 3 aromatic rings. The number of anilines is 1. The highest BCUT2D eigenvalue weighted by Crippen LogP contribution is 2.34. The van der Waals surface area contributed by atoms with Crippen LogP contribution in [0.25, 0.3) is 5.69 Å². The van der Waals surface area contributed by atoms with Gasteiger partial charge < -0.3 is 19.4 Å². The largest absolute Gasteiger partial charge is 0.493 e. The van der Waals surface area contributed by atoms with Crippen LogP contribution < -0.4 is 14.8 Å². The van der Waals surface area contributed by atoms with Crippen molar-refractivity contribution in [2.24, 2.45) is 0 Å². The number of rotatable bonds is 6. The Kier molecular flexibility index (Phi) is 5.33. The van der Waals surface area contributed by atoms with E-state index in [1.165, 1.54) is 12.8 Å². The fourth-order valence-corrected chi connectivity index (χ4v) is 3.53. The van der Waals surface area contributed by atoms with Gasteiger partial charge in [0, 0.05) is 35.4 Å². The lowest BCUT2D eigenvalue weighted by molar-refractivity contribution is 0.102. The van der Waals surface area contributed by atoms with Gasteiger partial charge in [0.05, 0.1) is 13.2 Å². The normalized spacial score (nSPS) is 14.0. The van der Waals surface area contributed by atoms with E-state index in [0.29, 0.717) is 22.7 Å². The van der Waals surface area contributed by atoms with Crippen LogP contribution in [0.4, 0.5) is 5.69 Å². The number of benzene rings is 2. The van der Waals surface area contributed by atoms with Crippen molar-refractivity contribution in [2.75, 3.05) is 12.4 Å². The summed E-state index contributed by atoms with van der Waals surface area (Å²) in [6.45, 7) is 0. The number of carbonyl (C=O) groups is 1. The fraction of sp³-hybridized carbons (Fsp3) is 0.261. The number of methoxy groups -OCH3 is 1. The third-order valence-electron chi connectivity index (χ3n) is 5.05. The molecule has 4 rings (SSSR count). The molecular weight excluding hydrogens is 352 g/mol. The SMILES string of the molecule is COc1ccc(NC(=O)c2ccc(-n3cccc3)cc2)cc1OC1CCCC1. The third kappa shape index (κ3) is 4.03. The fourth-order valence-electron chi connectivity index (χ4n) is 3.53. The molecule has 1 aliphatic rings. The van der Waals surface area contributed by atoms with Gasteiger partial charge in [0.15, 0.2) is 11.5 Å². The molecule has 1 saturated carbocycles. The van der Waals surface area contributed by atoms with E-state index in [4.69, 9.17) is 9.47 Å². The molecule has 5 heteroatoms. The Bertz CT molecular complexity index is 927. The van der Waals surface area contributed by atoms with Crippen LogP contribution in [-0.4, -0.2) is 23.7 Å². The van der Waals surface area contributed by atoms with Gasteiger partial charge in [-0.25, -0.2) is 0 Å². The lowest BCUT2D eigenvalue weighted by Gasteiger charge is -2.17. The number of hydrogen-bond acceptors (Lipinski definition) is 3. The lowest BCUT2D eigenvalue weighted by atomic mass is 10.2. The smallest absolute Gasteiger partial charge is 0.255 e. The summed E-state index contributed by atoms with van der Waals surface area (Å²) >= 11 is 0. The molecule has 0 saturated heterocycles. The van der Waals surface area contributed by atoms with Crippen molar-refractivity contribution in [1.82, 2.24) is 4.57 Å². The number of amides is 1. The van der Waals surface area contributed by atoms with E-state index in [1.54, 1.807) is 7.11 Å². The number of aromatic nitrogens is 1. The Labute approximate surface area is 164 Å². The molecule has 0 unspecified atom stereocenters. The van der Waals surface area contributed by atoms with E-state index < -0.39 is 0 Å². The second-order valence-electron chi connectivity index (χ2n) is 6.98. The minimum absolute atomic E-state index is 0.156. The Morgan fingerprint density at radius 2 is 1.71 bits per heavy atom. The van der Waals surface area contributed by atoms with E-state index in [0.717, 1.165) is 18.5 Å². The van der Waals surface area contributed by atoms with Gasteiger partial charge in [-0.15, -0.1) is 0 Å². The van der Waals surface area contributed by atoms with Gasteiger partial charge in [0.25, 0.3) is 5.91 Å². The maximum atomic E-state index is 12.6. The van der Waals surface area contributed by atoms with Crippen molar-refractivity contribution >= 4 is 11.6 Å². The van der Waals surface area contributed by atoms with Crippen LogP contribution in [0.2, 0.25) is 0 Å². The summed E-state index contributed by atoms with van der Waals surface area (Å²) in [7, 11) is 1.63. The average molecular weight is 376 g/mol. The van der Waals surface area contributed by atoms with Crippen LogP contribution in [0.3, 0.4) is 0 Å². The van der Waals surface area contributed by atoms with Crippen LogP contribution in [0, 0.1) is 0 Å². The summed E-state index contributed by atoms with van der Waals surface area (Å²) < 4.78 is 13.5. The molecule has 0 bridgehead atoms. The highest BCUT2D eigenvalue weighted by molar-refractivity contribution is 6.04. The second-order valence-corrected chi connectivity index (χ2v) is 6.98. The van der Waals surface area contributed by atoms with Gasteiger partial charge >= 0.3 is 0 Å². The first-order valence-corrected chi connectivity index (χ1v) is 9.62. The van der Waals surface area contributed by atoms with Crippen molar-refractivity contribution < 1.29 is 14.3 Å². The topological polar surface area (TPSA) is 52.5 Å². The zero-order chi connectivity index (χ0) is 19.3. The molecule has 144 valence electrons. The molecule has 1 N–H and O–H groups in total. The molecule has 1 amide bonds. The summed E-state index contributed by atoms with van der Waals surface area (Å²) in [5.74, 6) is 1.20. The summed E-state index contributed by atoms with van der Waals surface area (Å²) in [4.78, 5) is 12.6. The molecule has 0 atom stereocenters. The lowest BCUT2D eigenvalue weighted by Crippen LogP contribution is -2.14. The van der Waals surface area contributed by atoms with Crippen molar-refractivity contribution in [1.29, 1.82) is 0 Å². The van der Waals surface area contributed by atoms with Gasteiger partial charge in [-0.2, -0.15) is 0 Å². The molecule has 28 heavy (non-hydrogen) atoms. The number of carbonyl (C=O) groups excluding carboxylic acids is 1. The van der Waals surface area contributed by atoms with Gasteiger partial charge in [-0.1, -0.05) is 0 Å². The molecule has 0 spiro atoms. The summed E-state index contributed by atoms with van der Waals surface area (Å²) in [6, 6.07) is 16.9. The molecular formula is C23H24N2O3. The predicted molar refractivity (Wildman–Crippen MR) is 110 cm³/mol. The van der Waals surface area contributed by atoms with Crippen LogP contribution >= 0.6 is 0 Å². The molecule has 1 heterocycles. The third-order valence-corrected chi connectivity index (χ3v) is 5.05. The molecule has 0 radical (unpaired) electrons. The highest BCUT2D eigenvalue weighted by atomic mass is 16.5. The Hall–Kier alpha value is -3.21. The summed E-state index contributed by atoms with van der Waals surface area (Å²) in [5, 5.41) is 2.95. The first-order chi connectivity index (χ1) is 13.7. The van der Waals surface area contributed by atoms with E-state index in [-0.39, 0.29) is 12.0 Å². The minimum Gasteiger partial charge on any atom is -0.493 e. The molecule has 1 aromatic heterocycles. The van der Waals surface area contributed by atoms with E-state index >= 15 is 0 Å². The molecule has 5 nitrogen and oxygen atoms in total. The average Bonchev–Trinajstić information content (AvgIpc) is 3.43. The summed E-state index contributed by atoms with van der Waals surface area (Å²) in [6.07, 6.45) is 8.68. The molecule has 1 aliphatic carbocycles.